The van der Waals surface area contributed by atoms with Crippen LogP contribution < -0.4 is 9.03 Å². The van der Waals surface area contributed by atoms with Crippen LogP contribution in [0.3, 0.4) is 0 Å². The van der Waals surface area contributed by atoms with Crippen molar-refractivity contribution in [3.63, 3.8) is 0 Å². The van der Waals surface area contributed by atoms with Gasteiger partial charge in [0, 0.05) is 4.90 Å². The fraction of sp³-hybridized carbons (Fsp3) is 0.105. The predicted octanol–water partition coefficient (Wildman–Crippen LogP) is 3.12. The average molecular weight is 400 g/mol. The van der Waals surface area contributed by atoms with Crippen LogP contribution in [0, 0.1) is 0 Å². The lowest BCUT2D eigenvalue weighted by atomic mass is 10.0. The van der Waals surface area contributed by atoms with E-state index in [2.05, 4.69) is 6.07 Å². The normalized spacial score (nSPS) is 15.9. The first-order valence-electron chi connectivity index (χ1n) is 8.12. The number of nitrogens with zero attached hydrogens (tertiary/aromatic N) is 1. The van der Waals surface area contributed by atoms with Crippen LogP contribution in [-0.4, -0.2) is 32.2 Å². The summed E-state index contributed by atoms with van der Waals surface area (Å²) in [6.45, 7) is -0.350. The van der Waals surface area contributed by atoms with Gasteiger partial charge < -0.3 is 5.11 Å². The van der Waals surface area contributed by atoms with Crippen LogP contribution in [0.2, 0.25) is 0 Å². The summed E-state index contributed by atoms with van der Waals surface area (Å²) in [5.74, 6) is -0.822. The third-order valence-corrected chi connectivity index (χ3v) is 6.54. The lowest BCUT2D eigenvalue weighted by Gasteiger charge is -2.17. The number of carbonyl (C=O) groups excluding carboxylic acids is 1. The summed E-state index contributed by atoms with van der Waals surface area (Å²) in [6.07, 6.45) is 2.01. The number of anilines is 1. The molecule has 0 bridgehead atoms. The molecule has 1 aliphatic rings. The van der Waals surface area contributed by atoms with E-state index in [4.69, 9.17) is 0 Å². The zero-order valence-electron chi connectivity index (χ0n) is 14.3. The summed E-state index contributed by atoms with van der Waals surface area (Å²) < 4.78 is 27.0. The fourth-order valence-corrected chi connectivity index (χ4v) is 4.73. The van der Waals surface area contributed by atoms with Crippen molar-refractivity contribution in [2.75, 3.05) is 17.1 Å². The van der Waals surface area contributed by atoms with E-state index in [0.717, 1.165) is 31.1 Å². The van der Waals surface area contributed by atoms with Crippen molar-refractivity contribution in [1.29, 1.82) is 0 Å². The third kappa shape index (κ3) is 3.22. The molecule has 1 aliphatic heterocycles. The van der Waals surface area contributed by atoms with Gasteiger partial charge in [0.1, 0.15) is 12.3 Å². The van der Waals surface area contributed by atoms with Crippen LogP contribution in [-0.2, 0) is 15.0 Å². The van der Waals surface area contributed by atoms with Crippen molar-refractivity contribution >= 4 is 44.3 Å². The van der Waals surface area contributed by atoms with Gasteiger partial charge >= 0.3 is 10.2 Å². The number of thioether (sulfide) groups is 1. The summed E-state index contributed by atoms with van der Waals surface area (Å²) in [4.78, 5) is 12.6. The van der Waals surface area contributed by atoms with Gasteiger partial charge in [0.05, 0.1) is 5.69 Å². The summed E-state index contributed by atoms with van der Waals surface area (Å²) in [5.41, 5.74) is 2.10. The molecule has 2 N–H and O–H groups in total. The summed E-state index contributed by atoms with van der Waals surface area (Å²) in [5, 5.41) is 11.8. The van der Waals surface area contributed by atoms with E-state index in [1.807, 2.05) is 47.4 Å². The molecule has 3 aromatic rings. The van der Waals surface area contributed by atoms with E-state index < -0.39 is 16.1 Å². The number of hydrogen-bond donors (Lipinski definition) is 2. The molecule has 0 unspecified atom stereocenters. The van der Waals surface area contributed by atoms with Gasteiger partial charge in [-0.05, 0) is 58.5 Å². The molecule has 0 spiro atoms. The first kappa shape index (κ1) is 17.7. The molecule has 4 rings (SSSR count). The van der Waals surface area contributed by atoms with Gasteiger partial charge in [0.2, 0.25) is 0 Å². The quantitative estimate of drug-likeness (QED) is 0.660. The zero-order chi connectivity index (χ0) is 19.2. The van der Waals surface area contributed by atoms with Crippen molar-refractivity contribution in [2.24, 2.45) is 0 Å². The largest absolute Gasteiger partial charge is 0.506 e. The van der Waals surface area contributed by atoms with E-state index in [0.29, 0.717) is 0 Å². The van der Waals surface area contributed by atoms with Crippen LogP contribution in [0.1, 0.15) is 0 Å². The first-order valence-corrected chi connectivity index (χ1v) is 10.8. The van der Waals surface area contributed by atoms with E-state index in [1.54, 1.807) is 17.8 Å². The van der Waals surface area contributed by atoms with Gasteiger partial charge in [-0.3, -0.25) is 4.79 Å². The Kier molecular flexibility index (Phi) is 4.24. The van der Waals surface area contributed by atoms with Crippen LogP contribution in [0.15, 0.2) is 59.5 Å². The molecule has 27 heavy (non-hydrogen) atoms. The molecule has 0 aromatic heterocycles. The lowest BCUT2D eigenvalue weighted by molar-refractivity contribution is -0.117. The van der Waals surface area contributed by atoms with E-state index in [1.165, 1.54) is 6.07 Å². The van der Waals surface area contributed by atoms with E-state index in [-0.39, 0.29) is 18.0 Å². The molecule has 1 amide bonds. The number of aromatic hydroxyl groups is 1. The summed E-state index contributed by atoms with van der Waals surface area (Å²) in [6, 6.07) is 17.0. The molecule has 1 saturated heterocycles. The highest BCUT2D eigenvalue weighted by Gasteiger charge is 2.35. The number of rotatable bonds is 3. The molecule has 0 radical (unpaired) electrons. The molecular weight excluding hydrogens is 384 g/mol. The van der Waals surface area contributed by atoms with Gasteiger partial charge in [-0.1, -0.05) is 24.3 Å². The molecular formula is C19H16N2O4S2. The number of hydrogen-bond acceptors (Lipinski definition) is 5. The Bertz CT molecular complexity index is 1180. The van der Waals surface area contributed by atoms with Gasteiger partial charge in [-0.25, -0.2) is 9.03 Å². The third-order valence-electron chi connectivity index (χ3n) is 4.43. The fourth-order valence-electron chi connectivity index (χ4n) is 3.12. The molecule has 8 heteroatoms. The minimum atomic E-state index is -3.98. The van der Waals surface area contributed by atoms with Crippen molar-refractivity contribution in [3.05, 3.63) is 54.6 Å². The Hall–Kier alpha value is -2.71. The smallest absolute Gasteiger partial charge is 0.326 e. The van der Waals surface area contributed by atoms with Crippen LogP contribution in [0.5, 0.6) is 5.75 Å². The van der Waals surface area contributed by atoms with Crippen LogP contribution in [0.25, 0.3) is 21.9 Å². The predicted molar refractivity (Wildman–Crippen MR) is 107 cm³/mol. The molecule has 3 aromatic carbocycles. The van der Waals surface area contributed by atoms with Crippen molar-refractivity contribution in [3.8, 4) is 16.9 Å². The van der Waals surface area contributed by atoms with Gasteiger partial charge in [-0.2, -0.15) is 8.42 Å². The minimum Gasteiger partial charge on any atom is -0.506 e. The number of amides is 1. The number of phenolic OH excluding ortho intramolecular Hbond substituents is 1. The standard InChI is InChI=1S/C19H16N2O4S2/c1-26-16-4-2-3-12(8-16)13-5-6-14-10-18(22)17(9-15(14)7-13)21-11-19(23)20-27(21,24)25/h2-10,22H,11H2,1H3,(H,20,23). The topological polar surface area (TPSA) is 86.7 Å². The van der Waals surface area contributed by atoms with Gasteiger partial charge in [0.15, 0.2) is 0 Å². The monoisotopic (exact) mass is 400 g/mol. The zero-order valence-corrected chi connectivity index (χ0v) is 16.0. The Labute approximate surface area is 161 Å². The highest BCUT2D eigenvalue weighted by atomic mass is 32.2. The Morgan fingerprint density at radius 1 is 1.04 bits per heavy atom. The number of carbonyl (C=O) groups is 1. The molecule has 1 heterocycles. The number of phenols is 1. The maximum absolute atomic E-state index is 12.1. The van der Waals surface area contributed by atoms with Gasteiger partial charge in [0.25, 0.3) is 5.91 Å². The SMILES string of the molecule is CSc1cccc(-c2ccc3cc(O)c(N4CC(=O)NS4(=O)=O)cc3c2)c1. The number of benzene rings is 3. The maximum atomic E-state index is 12.1. The van der Waals surface area contributed by atoms with Crippen molar-refractivity contribution in [1.82, 2.24) is 4.72 Å². The van der Waals surface area contributed by atoms with Crippen molar-refractivity contribution < 1.29 is 18.3 Å². The Morgan fingerprint density at radius 3 is 2.52 bits per heavy atom. The number of fused-ring (bicyclic) bond motifs is 1. The summed E-state index contributed by atoms with van der Waals surface area (Å²) in [7, 11) is -3.98. The second kappa shape index (κ2) is 6.47. The molecule has 0 aliphatic carbocycles. The lowest BCUT2D eigenvalue weighted by Crippen LogP contribution is -2.29. The molecule has 0 atom stereocenters. The highest BCUT2D eigenvalue weighted by molar-refractivity contribution is 7.98. The van der Waals surface area contributed by atoms with Crippen molar-refractivity contribution in [2.45, 2.75) is 4.90 Å². The first-order chi connectivity index (χ1) is 12.9. The second-order valence-corrected chi connectivity index (χ2v) is 8.65. The van der Waals surface area contributed by atoms with E-state index in [9.17, 15) is 18.3 Å². The molecule has 138 valence electrons. The summed E-state index contributed by atoms with van der Waals surface area (Å²) >= 11 is 1.66. The molecule has 6 nitrogen and oxygen atoms in total. The second-order valence-electron chi connectivity index (χ2n) is 6.17. The Balaban J connectivity index is 1.84. The molecule has 1 fully saturated rings. The minimum absolute atomic E-state index is 0.0795. The average Bonchev–Trinajstić information content (AvgIpc) is 2.92. The van der Waals surface area contributed by atoms with E-state index >= 15 is 0 Å². The highest BCUT2D eigenvalue weighted by Crippen LogP contribution is 2.36. The Morgan fingerprint density at radius 2 is 1.81 bits per heavy atom. The van der Waals surface area contributed by atoms with Crippen LogP contribution in [0.4, 0.5) is 5.69 Å². The van der Waals surface area contributed by atoms with Gasteiger partial charge in [-0.15, -0.1) is 11.8 Å². The number of nitrogens with one attached hydrogen (secondary N) is 1. The maximum Gasteiger partial charge on any atom is 0.326 e. The molecule has 0 saturated carbocycles. The van der Waals surface area contributed by atoms with Crippen LogP contribution >= 0.6 is 11.8 Å².